The maximum absolute atomic E-state index is 10.6. The van der Waals surface area contributed by atoms with Crippen molar-refractivity contribution in [3.05, 3.63) is 0 Å². The number of nitrogens with two attached hydrogens (primary N) is 2. The average molecular weight is 197 g/mol. The standard InChI is InChI=1S/C4H11N3O2S2/c1-11(8,9)3-2-10-4(5)7-6/h2-3,6H2,1H3,(H2,5,7). The highest BCUT2D eigenvalue weighted by Gasteiger charge is 2.02. The van der Waals surface area contributed by atoms with Gasteiger partial charge in [-0.15, -0.1) is 0 Å². The zero-order chi connectivity index (χ0) is 8.91. The molecular weight excluding hydrogens is 186 g/mol. The molecule has 5 nitrogen and oxygen atoms in total. The Morgan fingerprint density at radius 1 is 1.64 bits per heavy atom. The normalized spacial score (nSPS) is 13.4. The van der Waals surface area contributed by atoms with Crippen LogP contribution in [0.5, 0.6) is 0 Å². The number of hydrazone groups is 1. The van der Waals surface area contributed by atoms with E-state index in [-0.39, 0.29) is 10.9 Å². The maximum atomic E-state index is 10.6. The highest BCUT2D eigenvalue weighted by Crippen LogP contribution is 1.99. The molecule has 0 fully saturated rings. The average Bonchev–Trinajstić information content (AvgIpc) is 1.85. The van der Waals surface area contributed by atoms with Crippen LogP contribution in [0.4, 0.5) is 0 Å². The van der Waals surface area contributed by atoms with E-state index < -0.39 is 9.84 Å². The Bertz CT molecular complexity index is 234. The summed E-state index contributed by atoms with van der Waals surface area (Å²) in [6, 6.07) is 0. The molecule has 0 bridgehead atoms. The van der Waals surface area contributed by atoms with Gasteiger partial charge in [-0.05, 0) is 0 Å². The first-order chi connectivity index (χ1) is 4.95. The Morgan fingerprint density at radius 3 is 2.55 bits per heavy atom. The van der Waals surface area contributed by atoms with Gasteiger partial charge in [0, 0.05) is 12.0 Å². The molecule has 66 valence electrons. The number of thioether (sulfide) groups is 1. The first kappa shape index (κ1) is 10.6. The molecule has 0 rings (SSSR count). The number of amidine groups is 1. The minimum Gasteiger partial charge on any atom is -0.377 e. The van der Waals surface area contributed by atoms with Crippen LogP contribution in [0.3, 0.4) is 0 Å². The van der Waals surface area contributed by atoms with Crippen LogP contribution in [0.25, 0.3) is 0 Å². The Balaban J connectivity index is 3.60. The second-order valence-corrected chi connectivity index (χ2v) is 5.32. The second kappa shape index (κ2) is 4.45. The summed E-state index contributed by atoms with van der Waals surface area (Å²) in [5, 5.41) is 3.37. The Kier molecular flexibility index (Phi) is 4.27. The lowest BCUT2D eigenvalue weighted by molar-refractivity contribution is 0.603. The maximum Gasteiger partial charge on any atom is 0.177 e. The number of hydrogen-bond donors (Lipinski definition) is 2. The molecule has 0 spiro atoms. The van der Waals surface area contributed by atoms with Gasteiger partial charge in [-0.25, -0.2) is 8.42 Å². The van der Waals surface area contributed by atoms with E-state index in [0.29, 0.717) is 5.75 Å². The third kappa shape index (κ3) is 7.47. The van der Waals surface area contributed by atoms with Gasteiger partial charge in [-0.1, -0.05) is 11.8 Å². The molecule has 11 heavy (non-hydrogen) atoms. The van der Waals surface area contributed by atoms with Crippen LogP contribution in [0.15, 0.2) is 5.10 Å². The quantitative estimate of drug-likeness (QED) is 0.260. The zero-order valence-electron chi connectivity index (χ0n) is 6.15. The van der Waals surface area contributed by atoms with E-state index in [4.69, 9.17) is 11.6 Å². The molecule has 0 amide bonds. The molecule has 0 aromatic rings. The highest BCUT2D eigenvalue weighted by molar-refractivity contribution is 8.14. The summed E-state index contributed by atoms with van der Waals surface area (Å²) < 4.78 is 21.2. The molecule has 0 heterocycles. The van der Waals surface area contributed by atoms with Crippen LogP contribution in [0.1, 0.15) is 0 Å². The van der Waals surface area contributed by atoms with Gasteiger partial charge in [0.2, 0.25) is 0 Å². The lowest BCUT2D eigenvalue weighted by Crippen LogP contribution is -2.13. The third-order valence-corrected chi connectivity index (χ3v) is 2.84. The number of rotatable bonds is 3. The molecule has 0 aromatic heterocycles. The van der Waals surface area contributed by atoms with Crippen molar-refractivity contribution in [2.75, 3.05) is 17.8 Å². The van der Waals surface area contributed by atoms with Gasteiger partial charge in [0.25, 0.3) is 0 Å². The highest BCUT2D eigenvalue weighted by atomic mass is 32.2. The predicted molar refractivity (Wildman–Crippen MR) is 48.0 cm³/mol. The second-order valence-electron chi connectivity index (χ2n) is 1.95. The van der Waals surface area contributed by atoms with Crippen molar-refractivity contribution in [3.8, 4) is 0 Å². The van der Waals surface area contributed by atoms with Crippen LogP contribution in [-0.4, -0.2) is 31.3 Å². The van der Waals surface area contributed by atoms with Crippen LogP contribution in [0, 0.1) is 0 Å². The first-order valence-corrected chi connectivity index (χ1v) is 5.84. The lowest BCUT2D eigenvalue weighted by atomic mass is 11.0. The smallest absolute Gasteiger partial charge is 0.177 e. The van der Waals surface area contributed by atoms with E-state index in [2.05, 4.69) is 5.10 Å². The van der Waals surface area contributed by atoms with Crippen molar-refractivity contribution < 1.29 is 8.42 Å². The molecule has 0 unspecified atom stereocenters. The number of sulfone groups is 1. The Hall–Kier alpha value is -0.430. The van der Waals surface area contributed by atoms with Crippen molar-refractivity contribution in [2.45, 2.75) is 0 Å². The number of hydrogen-bond acceptors (Lipinski definition) is 5. The minimum absolute atomic E-state index is 0.0912. The topological polar surface area (TPSA) is 98.5 Å². The van der Waals surface area contributed by atoms with Gasteiger partial charge in [0.1, 0.15) is 9.84 Å². The van der Waals surface area contributed by atoms with Gasteiger partial charge in [0.05, 0.1) is 5.75 Å². The van der Waals surface area contributed by atoms with E-state index in [1.165, 1.54) is 6.26 Å². The zero-order valence-corrected chi connectivity index (χ0v) is 7.78. The molecule has 0 aliphatic heterocycles. The van der Waals surface area contributed by atoms with Crippen molar-refractivity contribution in [2.24, 2.45) is 16.7 Å². The molecule has 7 heteroatoms. The molecule has 0 atom stereocenters. The number of nitrogens with zero attached hydrogens (tertiary/aromatic N) is 1. The largest absolute Gasteiger partial charge is 0.377 e. The van der Waals surface area contributed by atoms with E-state index in [9.17, 15) is 8.42 Å². The molecule has 0 aliphatic carbocycles. The van der Waals surface area contributed by atoms with Crippen LogP contribution >= 0.6 is 11.8 Å². The monoisotopic (exact) mass is 197 g/mol. The molecular formula is C4H11N3O2S2. The summed E-state index contributed by atoms with van der Waals surface area (Å²) in [5.41, 5.74) is 5.20. The fourth-order valence-corrected chi connectivity index (χ4v) is 2.16. The van der Waals surface area contributed by atoms with Crippen molar-refractivity contribution in [1.29, 1.82) is 0 Å². The first-order valence-electron chi connectivity index (χ1n) is 2.79. The summed E-state index contributed by atoms with van der Waals surface area (Å²) in [6.07, 6.45) is 1.17. The Labute approximate surface area is 70.1 Å². The van der Waals surface area contributed by atoms with Gasteiger partial charge in [-0.2, -0.15) is 5.10 Å². The summed E-state index contributed by atoms with van der Waals surface area (Å²) in [6.45, 7) is 0. The summed E-state index contributed by atoms with van der Waals surface area (Å²) in [7, 11) is -2.90. The molecule has 0 aliphatic rings. The summed E-state index contributed by atoms with van der Waals surface area (Å²) in [4.78, 5) is 0. The van der Waals surface area contributed by atoms with Crippen molar-refractivity contribution in [3.63, 3.8) is 0 Å². The van der Waals surface area contributed by atoms with E-state index in [1.54, 1.807) is 0 Å². The molecule has 4 N–H and O–H groups in total. The van der Waals surface area contributed by atoms with Crippen LogP contribution in [0.2, 0.25) is 0 Å². The van der Waals surface area contributed by atoms with Gasteiger partial charge >= 0.3 is 0 Å². The Morgan fingerprint density at radius 2 is 2.18 bits per heavy atom. The van der Waals surface area contributed by atoms with Gasteiger partial charge in [-0.3, -0.25) is 0 Å². The molecule has 0 saturated carbocycles. The van der Waals surface area contributed by atoms with Crippen LogP contribution < -0.4 is 11.6 Å². The minimum atomic E-state index is -2.90. The summed E-state index contributed by atoms with van der Waals surface area (Å²) >= 11 is 1.13. The van der Waals surface area contributed by atoms with Crippen molar-refractivity contribution >= 4 is 26.8 Å². The summed E-state index contributed by atoms with van der Waals surface area (Å²) in [5.74, 6) is 5.30. The SMILES string of the molecule is CS(=O)(=O)CCSC(N)=NN. The molecule has 0 radical (unpaired) electrons. The van der Waals surface area contributed by atoms with E-state index >= 15 is 0 Å². The molecule has 0 saturated heterocycles. The predicted octanol–water partition coefficient (Wildman–Crippen LogP) is -1.05. The van der Waals surface area contributed by atoms with E-state index in [1.807, 2.05) is 0 Å². The van der Waals surface area contributed by atoms with Gasteiger partial charge < -0.3 is 11.6 Å². The molecule has 0 aromatic carbocycles. The van der Waals surface area contributed by atoms with Crippen LogP contribution in [-0.2, 0) is 9.84 Å². The fraction of sp³-hybridized carbons (Fsp3) is 0.750. The lowest BCUT2D eigenvalue weighted by Gasteiger charge is -1.96. The van der Waals surface area contributed by atoms with Crippen molar-refractivity contribution in [1.82, 2.24) is 0 Å². The third-order valence-electron chi connectivity index (χ3n) is 0.831. The van der Waals surface area contributed by atoms with Gasteiger partial charge in [0.15, 0.2) is 5.17 Å². The van der Waals surface area contributed by atoms with E-state index in [0.717, 1.165) is 11.8 Å². The fourth-order valence-electron chi connectivity index (χ4n) is 0.335.